The summed E-state index contributed by atoms with van der Waals surface area (Å²) in [6.45, 7) is 5.91. The zero-order chi connectivity index (χ0) is 22.8. The van der Waals surface area contributed by atoms with Crippen LogP contribution in [0.3, 0.4) is 0 Å². The van der Waals surface area contributed by atoms with Gasteiger partial charge in [0.1, 0.15) is 5.82 Å². The number of hydrogen-bond acceptors (Lipinski definition) is 4. The lowest BCUT2D eigenvalue weighted by Gasteiger charge is -2.11. The molecule has 0 spiro atoms. The molecule has 0 saturated carbocycles. The molecule has 7 heteroatoms. The topological polar surface area (TPSA) is 76.9 Å². The second-order valence-corrected chi connectivity index (χ2v) is 8.27. The molecule has 162 valence electrons. The molecular formula is C25H23ClN4O2. The van der Waals surface area contributed by atoms with E-state index in [9.17, 15) is 9.59 Å². The lowest BCUT2D eigenvalue weighted by Crippen LogP contribution is -2.16. The number of nitrogens with zero attached hydrogens (tertiary/aromatic N) is 3. The molecule has 2 aromatic carbocycles. The molecule has 0 aliphatic heterocycles. The number of pyridine rings is 1. The number of rotatable bonds is 6. The lowest BCUT2D eigenvalue weighted by molar-refractivity contribution is -0.116. The van der Waals surface area contributed by atoms with Crippen LogP contribution in [0.25, 0.3) is 16.7 Å². The third-order valence-corrected chi connectivity index (χ3v) is 5.55. The second kappa shape index (κ2) is 8.93. The number of carbonyl (C=O) groups is 2. The summed E-state index contributed by atoms with van der Waals surface area (Å²) in [6, 6.07) is 16.5. The van der Waals surface area contributed by atoms with Crippen LogP contribution in [0.1, 0.15) is 40.0 Å². The molecule has 0 radical (unpaired) electrons. The first kappa shape index (κ1) is 21.7. The molecule has 2 heterocycles. The summed E-state index contributed by atoms with van der Waals surface area (Å²) < 4.78 is 1.63. The fraction of sp³-hybridized carbons (Fsp3) is 0.200. The number of Topliss-reactive ketones (excluding diaryl/α,β-unsaturated/α-hetero) is 1. The maximum absolute atomic E-state index is 12.6. The van der Waals surface area contributed by atoms with Crippen molar-refractivity contribution in [3.05, 3.63) is 82.0 Å². The number of halogens is 1. The monoisotopic (exact) mass is 446 g/mol. The number of carbonyl (C=O) groups excluding carboxylic acids is 2. The molecule has 0 bridgehead atoms. The molecule has 32 heavy (non-hydrogen) atoms. The average Bonchev–Trinajstić information content (AvgIpc) is 3.13. The molecule has 2 aromatic heterocycles. The first-order valence-electron chi connectivity index (χ1n) is 10.3. The Bertz CT molecular complexity index is 1330. The maximum Gasteiger partial charge on any atom is 0.225 e. The Kier molecular flexibility index (Phi) is 6.06. The molecule has 0 aliphatic carbocycles. The molecule has 6 nitrogen and oxygen atoms in total. The van der Waals surface area contributed by atoms with Crippen LogP contribution in [0.2, 0.25) is 5.02 Å². The zero-order valence-electron chi connectivity index (χ0n) is 18.1. The van der Waals surface area contributed by atoms with Crippen molar-refractivity contribution in [1.29, 1.82) is 0 Å². The van der Waals surface area contributed by atoms with Gasteiger partial charge in [0.15, 0.2) is 11.6 Å². The molecule has 0 unspecified atom stereocenters. The van der Waals surface area contributed by atoms with E-state index in [0.29, 0.717) is 22.2 Å². The van der Waals surface area contributed by atoms with Gasteiger partial charge in [-0.2, -0.15) is 9.78 Å². The van der Waals surface area contributed by atoms with E-state index in [1.54, 1.807) is 35.0 Å². The molecule has 0 atom stereocenters. The van der Waals surface area contributed by atoms with E-state index in [1.165, 1.54) is 0 Å². The minimum atomic E-state index is -0.262. The van der Waals surface area contributed by atoms with Gasteiger partial charge >= 0.3 is 0 Å². The largest absolute Gasteiger partial charge is 0.311 e. The average molecular weight is 447 g/mol. The van der Waals surface area contributed by atoms with Crippen molar-refractivity contribution in [3.8, 4) is 5.82 Å². The molecule has 4 aromatic rings. The summed E-state index contributed by atoms with van der Waals surface area (Å²) in [7, 11) is 0. The Morgan fingerprint density at radius 3 is 2.47 bits per heavy atom. The smallest absolute Gasteiger partial charge is 0.225 e. The van der Waals surface area contributed by atoms with Crippen LogP contribution < -0.4 is 5.32 Å². The second-order valence-electron chi connectivity index (χ2n) is 7.83. The summed E-state index contributed by atoms with van der Waals surface area (Å²) in [5.41, 5.74) is 4.34. The highest BCUT2D eigenvalue weighted by atomic mass is 35.5. The van der Waals surface area contributed by atoms with Crippen molar-refractivity contribution in [1.82, 2.24) is 14.8 Å². The SMILES string of the molecule is Cc1cc(NC(=O)CCC(=O)c2ccc(Cl)cc2)n(-c2cc(C)c3cccc(C)c3n2)n1. The summed E-state index contributed by atoms with van der Waals surface area (Å²) in [5.74, 6) is 0.780. The van der Waals surface area contributed by atoms with Crippen molar-refractivity contribution in [2.45, 2.75) is 33.6 Å². The molecule has 1 N–H and O–H groups in total. The van der Waals surface area contributed by atoms with E-state index in [4.69, 9.17) is 16.6 Å². The van der Waals surface area contributed by atoms with Crippen molar-refractivity contribution in [2.24, 2.45) is 0 Å². The Morgan fingerprint density at radius 1 is 0.969 bits per heavy atom. The number of para-hydroxylation sites is 1. The van der Waals surface area contributed by atoms with Crippen LogP contribution in [-0.4, -0.2) is 26.5 Å². The van der Waals surface area contributed by atoms with E-state index in [2.05, 4.69) is 10.4 Å². The number of aromatic nitrogens is 3. The predicted molar refractivity (Wildman–Crippen MR) is 127 cm³/mol. The molecule has 0 aliphatic rings. The van der Waals surface area contributed by atoms with Crippen LogP contribution >= 0.6 is 11.6 Å². The lowest BCUT2D eigenvalue weighted by atomic mass is 10.1. The Hall–Kier alpha value is -3.51. The van der Waals surface area contributed by atoms with E-state index in [1.807, 2.05) is 45.0 Å². The van der Waals surface area contributed by atoms with E-state index in [-0.39, 0.29) is 24.5 Å². The first-order chi connectivity index (χ1) is 15.3. The standard InChI is InChI=1S/C25H23ClN4O2/c1-15-5-4-6-20-16(2)13-22(28-25(15)20)30-23(14-17(3)29-30)27-24(32)12-11-21(31)18-7-9-19(26)10-8-18/h4-10,13-14H,11-12H2,1-3H3,(H,27,32). The number of fused-ring (bicyclic) bond motifs is 1. The van der Waals surface area contributed by atoms with Crippen molar-refractivity contribution < 1.29 is 9.59 Å². The van der Waals surface area contributed by atoms with E-state index >= 15 is 0 Å². The van der Waals surface area contributed by atoms with Gasteiger partial charge in [-0.3, -0.25) is 9.59 Å². The number of aryl methyl sites for hydroxylation is 3. The van der Waals surface area contributed by atoms with Gasteiger partial charge < -0.3 is 5.32 Å². The number of benzene rings is 2. The summed E-state index contributed by atoms with van der Waals surface area (Å²) in [5, 5.41) is 9.05. The zero-order valence-corrected chi connectivity index (χ0v) is 18.9. The Labute approximate surface area is 191 Å². The van der Waals surface area contributed by atoms with Gasteiger partial charge in [0, 0.05) is 34.9 Å². The van der Waals surface area contributed by atoms with Gasteiger partial charge in [-0.1, -0.05) is 29.8 Å². The summed E-state index contributed by atoms with van der Waals surface area (Å²) >= 11 is 5.86. The van der Waals surface area contributed by atoms with Gasteiger partial charge in [-0.05, 0) is 62.2 Å². The minimum absolute atomic E-state index is 0.0645. The third kappa shape index (κ3) is 4.55. The third-order valence-electron chi connectivity index (χ3n) is 5.30. The number of amides is 1. The number of nitrogens with one attached hydrogen (secondary N) is 1. The summed E-state index contributed by atoms with van der Waals surface area (Å²) in [6.07, 6.45) is 0.169. The Balaban J connectivity index is 1.53. The molecule has 4 rings (SSSR count). The van der Waals surface area contributed by atoms with Gasteiger partial charge in [0.25, 0.3) is 0 Å². The van der Waals surface area contributed by atoms with Gasteiger partial charge in [0.05, 0.1) is 11.2 Å². The first-order valence-corrected chi connectivity index (χ1v) is 10.7. The highest BCUT2D eigenvalue weighted by Gasteiger charge is 2.15. The highest BCUT2D eigenvalue weighted by Crippen LogP contribution is 2.24. The maximum atomic E-state index is 12.6. The molecule has 0 fully saturated rings. The molecular weight excluding hydrogens is 424 g/mol. The predicted octanol–water partition coefficient (Wildman–Crippen LogP) is 5.60. The van der Waals surface area contributed by atoms with Crippen molar-refractivity contribution in [3.63, 3.8) is 0 Å². The Morgan fingerprint density at radius 2 is 1.72 bits per heavy atom. The van der Waals surface area contributed by atoms with E-state index < -0.39 is 0 Å². The van der Waals surface area contributed by atoms with Gasteiger partial charge in [-0.25, -0.2) is 4.98 Å². The summed E-state index contributed by atoms with van der Waals surface area (Å²) in [4.78, 5) is 29.7. The minimum Gasteiger partial charge on any atom is -0.311 e. The van der Waals surface area contributed by atoms with Crippen LogP contribution in [0.4, 0.5) is 5.82 Å². The fourth-order valence-corrected chi connectivity index (χ4v) is 3.75. The van der Waals surface area contributed by atoms with Crippen molar-refractivity contribution >= 4 is 40.0 Å². The normalized spacial score (nSPS) is 11.0. The molecule has 1 amide bonds. The number of anilines is 1. The van der Waals surface area contributed by atoms with Gasteiger partial charge in [-0.15, -0.1) is 0 Å². The molecule has 0 saturated heterocycles. The van der Waals surface area contributed by atoms with Gasteiger partial charge in [0.2, 0.25) is 5.91 Å². The quantitative estimate of drug-likeness (QED) is 0.391. The number of ketones is 1. The highest BCUT2D eigenvalue weighted by molar-refractivity contribution is 6.30. The fourth-order valence-electron chi connectivity index (χ4n) is 3.63. The van der Waals surface area contributed by atoms with E-state index in [0.717, 1.165) is 27.7 Å². The van der Waals surface area contributed by atoms with Crippen LogP contribution in [0, 0.1) is 20.8 Å². The van der Waals surface area contributed by atoms with Crippen LogP contribution in [0.15, 0.2) is 54.6 Å². The van der Waals surface area contributed by atoms with Crippen LogP contribution in [-0.2, 0) is 4.79 Å². The number of hydrogen-bond donors (Lipinski definition) is 1. The van der Waals surface area contributed by atoms with Crippen molar-refractivity contribution in [2.75, 3.05) is 5.32 Å². The van der Waals surface area contributed by atoms with Crippen LogP contribution in [0.5, 0.6) is 0 Å².